The summed E-state index contributed by atoms with van der Waals surface area (Å²) in [6.45, 7) is 3.88. The van der Waals surface area contributed by atoms with Crippen LogP contribution in [0.2, 0.25) is 5.02 Å². The molecule has 2 aliphatic rings. The van der Waals surface area contributed by atoms with Gasteiger partial charge in [0.15, 0.2) is 0 Å². The molecule has 0 saturated heterocycles. The van der Waals surface area contributed by atoms with Crippen molar-refractivity contribution in [1.82, 2.24) is 4.90 Å². The van der Waals surface area contributed by atoms with E-state index in [1.807, 2.05) is 25.1 Å². The maximum Gasteiger partial charge on any atom is 0.311 e. The number of anilines is 1. The third kappa shape index (κ3) is 4.75. The Labute approximate surface area is 193 Å². The van der Waals surface area contributed by atoms with E-state index in [1.165, 1.54) is 0 Å². The number of carboxylic acids is 1. The molecule has 8 heteroatoms. The van der Waals surface area contributed by atoms with Gasteiger partial charge in [-0.05, 0) is 47.9 Å². The molecule has 1 aliphatic heterocycles. The van der Waals surface area contributed by atoms with Crippen molar-refractivity contribution in [2.45, 2.75) is 24.8 Å². The number of rotatable bonds is 6. The predicted octanol–water partition coefficient (Wildman–Crippen LogP) is 4.33. The first-order chi connectivity index (χ1) is 15.2. The Morgan fingerprint density at radius 1 is 1.22 bits per heavy atom. The molecule has 2 unspecified atom stereocenters. The zero-order valence-corrected chi connectivity index (χ0v) is 19.2. The van der Waals surface area contributed by atoms with Gasteiger partial charge in [0.05, 0.1) is 16.5 Å². The lowest BCUT2D eigenvalue weighted by atomic mass is 9.73. The van der Waals surface area contributed by atoms with Gasteiger partial charge in [-0.2, -0.15) is 0 Å². The average molecular weight is 473 g/mol. The van der Waals surface area contributed by atoms with Gasteiger partial charge in [0, 0.05) is 30.1 Å². The molecule has 1 aliphatic carbocycles. The van der Waals surface area contributed by atoms with E-state index in [9.17, 15) is 18.3 Å². The summed E-state index contributed by atoms with van der Waals surface area (Å²) in [5.74, 6) is -1.44. The molecule has 0 amide bonds. The van der Waals surface area contributed by atoms with Gasteiger partial charge in [0.1, 0.15) is 0 Å². The molecule has 0 saturated carbocycles. The number of aliphatic carboxylic acids is 1. The number of carbonyl (C=O) groups is 1. The minimum atomic E-state index is -3.77. The number of halogens is 1. The van der Waals surface area contributed by atoms with E-state index in [-0.39, 0.29) is 4.90 Å². The van der Waals surface area contributed by atoms with E-state index in [0.29, 0.717) is 23.8 Å². The normalized spacial score (nSPS) is 23.0. The van der Waals surface area contributed by atoms with Crippen LogP contribution in [-0.2, 0) is 27.8 Å². The number of benzene rings is 2. The van der Waals surface area contributed by atoms with Crippen molar-refractivity contribution in [2.75, 3.05) is 17.8 Å². The van der Waals surface area contributed by atoms with Crippen LogP contribution < -0.4 is 4.72 Å². The summed E-state index contributed by atoms with van der Waals surface area (Å²) in [5, 5.41) is 10.1. The summed E-state index contributed by atoms with van der Waals surface area (Å²) in [5.41, 5.74) is 1.93. The molecular weight excluding hydrogens is 448 g/mol. The fraction of sp³-hybridized carbons (Fsp3) is 0.292. The number of fused-ring (bicyclic) bond motifs is 1. The van der Waals surface area contributed by atoms with Crippen molar-refractivity contribution in [3.05, 3.63) is 82.9 Å². The summed E-state index contributed by atoms with van der Waals surface area (Å²) < 4.78 is 28.4. The molecule has 0 spiro atoms. The van der Waals surface area contributed by atoms with Crippen LogP contribution in [0, 0.1) is 11.3 Å². The van der Waals surface area contributed by atoms with Crippen LogP contribution in [0.5, 0.6) is 0 Å². The summed E-state index contributed by atoms with van der Waals surface area (Å²) in [7, 11) is -3.77. The lowest BCUT2D eigenvalue weighted by Gasteiger charge is -2.39. The van der Waals surface area contributed by atoms with Crippen molar-refractivity contribution >= 4 is 33.3 Å². The fourth-order valence-electron chi connectivity index (χ4n) is 4.43. The maximum absolute atomic E-state index is 12.9. The molecule has 0 radical (unpaired) electrons. The van der Waals surface area contributed by atoms with E-state index in [1.54, 1.807) is 48.6 Å². The smallest absolute Gasteiger partial charge is 0.311 e. The van der Waals surface area contributed by atoms with Crippen LogP contribution in [0.4, 0.5) is 5.69 Å². The molecule has 168 valence electrons. The third-order valence-electron chi connectivity index (χ3n) is 6.09. The Morgan fingerprint density at radius 2 is 2.03 bits per heavy atom. The lowest BCUT2D eigenvalue weighted by molar-refractivity contribution is -0.143. The van der Waals surface area contributed by atoms with E-state index in [2.05, 4.69) is 9.62 Å². The molecule has 2 N–H and O–H groups in total. The molecule has 32 heavy (non-hydrogen) atoms. The van der Waals surface area contributed by atoms with Crippen LogP contribution in [0.25, 0.3) is 0 Å². The Balaban J connectivity index is 1.53. The Hall–Kier alpha value is -2.61. The molecule has 2 aromatic rings. The van der Waals surface area contributed by atoms with Gasteiger partial charge in [-0.25, -0.2) is 8.42 Å². The fourth-order valence-corrected chi connectivity index (χ4v) is 5.72. The summed E-state index contributed by atoms with van der Waals surface area (Å²) in [6, 6.07) is 11.8. The second-order valence-corrected chi connectivity index (χ2v) is 10.7. The van der Waals surface area contributed by atoms with Crippen molar-refractivity contribution in [2.24, 2.45) is 11.3 Å². The van der Waals surface area contributed by atoms with Gasteiger partial charge in [-0.3, -0.25) is 14.4 Å². The van der Waals surface area contributed by atoms with E-state index < -0.39 is 27.3 Å². The van der Waals surface area contributed by atoms with Crippen molar-refractivity contribution in [1.29, 1.82) is 0 Å². The van der Waals surface area contributed by atoms with E-state index in [0.717, 1.165) is 24.1 Å². The van der Waals surface area contributed by atoms with Gasteiger partial charge in [-0.15, -0.1) is 0 Å². The van der Waals surface area contributed by atoms with Gasteiger partial charge >= 0.3 is 5.97 Å². The molecule has 1 heterocycles. The van der Waals surface area contributed by atoms with Crippen molar-refractivity contribution in [3.63, 3.8) is 0 Å². The zero-order valence-electron chi connectivity index (χ0n) is 17.7. The van der Waals surface area contributed by atoms with Crippen molar-refractivity contribution < 1.29 is 18.3 Å². The van der Waals surface area contributed by atoms with E-state index in [4.69, 9.17) is 11.6 Å². The summed E-state index contributed by atoms with van der Waals surface area (Å²) in [4.78, 5) is 14.1. The zero-order chi connectivity index (χ0) is 22.9. The molecule has 2 atom stereocenters. The molecular formula is C24H25ClN2O4S. The van der Waals surface area contributed by atoms with Crippen molar-refractivity contribution in [3.8, 4) is 0 Å². The highest BCUT2D eigenvalue weighted by atomic mass is 35.5. The number of nitrogens with one attached hydrogen (secondary N) is 1. The highest BCUT2D eigenvalue weighted by molar-refractivity contribution is 7.92. The van der Waals surface area contributed by atoms with Crippen LogP contribution >= 0.6 is 11.6 Å². The number of hydrogen-bond acceptors (Lipinski definition) is 4. The largest absolute Gasteiger partial charge is 0.481 e. The molecule has 0 bridgehead atoms. The number of hydrogen-bond donors (Lipinski definition) is 2. The Bertz CT molecular complexity index is 1210. The molecule has 0 aromatic heterocycles. The molecule has 6 nitrogen and oxygen atoms in total. The van der Waals surface area contributed by atoms with Crippen LogP contribution in [0.3, 0.4) is 0 Å². The highest BCUT2D eigenvalue weighted by Gasteiger charge is 2.38. The van der Waals surface area contributed by atoms with Crippen LogP contribution in [0.1, 0.15) is 18.1 Å². The summed E-state index contributed by atoms with van der Waals surface area (Å²) >= 11 is 5.97. The van der Waals surface area contributed by atoms with E-state index >= 15 is 0 Å². The highest BCUT2D eigenvalue weighted by Crippen LogP contribution is 2.36. The van der Waals surface area contributed by atoms with Gasteiger partial charge in [-0.1, -0.05) is 55.0 Å². The Kier molecular flexibility index (Phi) is 6.16. The maximum atomic E-state index is 12.9. The molecule has 2 aromatic carbocycles. The quantitative estimate of drug-likeness (QED) is 0.653. The SMILES string of the molecule is CC1(CN2CCc3ccc(S(=O)(=O)Nc4cccc(Cl)c4)cc3C2)C=CC=CC1C(=O)O. The third-order valence-corrected chi connectivity index (χ3v) is 7.70. The second kappa shape index (κ2) is 8.73. The van der Waals surface area contributed by atoms with Crippen LogP contribution in [-0.4, -0.2) is 37.5 Å². The average Bonchev–Trinajstić information content (AvgIpc) is 2.72. The predicted molar refractivity (Wildman–Crippen MR) is 125 cm³/mol. The first-order valence-corrected chi connectivity index (χ1v) is 12.2. The standard InChI is InChI=1S/C24H25ClN2O4S/c1-24(11-3-2-7-22(24)23(28)29)16-27-12-10-17-8-9-21(13-18(17)15-27)32(30,31)26-20-6-4-5-19(25)14-20/h2-9,11,13-14,22,26H,10,12,15-16H2,1H3,(H,28,29). The molecule has 4 rings (SSSR count). The number of sulfonamides is 1. The Morgan fingerprint density at radius 3 is 2.78 bits per heavy atom. The second-order valence-electron chi connectivity index (χ2n) is 8.57. The van der Waals surface area contributed by atoms with Gasteiger partial charge in [0.25, 0.3) is 10.0 Å². The lowest BCUT2D eigenvalue weighted by Crippen LogP contribution is -2.44. The van der Waals surface area contributed by atoms with Crippen LogP contribution in [0.15, 0.2) is 71.7 Å². The molecule has 0 fully saturated rings. The number of allylic oxidation sites excluding steroid dienone is 2. The van der Waals surface area contributed by atoms with Gasteiger partial charge in [0.2, 0.25) is 0 Å². The van der Waals surface area contributed by atoms with Gasteiger partial charge < -0.3 is 5.11 Å². The monoisotopic (exact) mass is 472 g/mol. The first-order valence-electron chi connectivity index (χ1n) is 10.4. The summed E-state index contributed by atoms with van der Waals surface area (Å²) in [6.07, 6.45) is 8.13. The number of nitrogens with zero attached hydrogens (tertiary/aromatic N) is 1. The minimum Gasteiger partial charge on any atom is -0.481 e. The first kappa shape index (κ1) is 22.6. The number of carboxylic acid groups (broad SMARTS) is 1. The minimum absolute atomic E-state index is 0.188. The topological polar surface area (TPSA) is 86.7 Å².